The minimum absolute atomic E-state index is 0.0220. The fraction of sp³-hybridized carbons (Fsp3) is 0.125. The summed E-state index contributed by atoms with van der Waals surface area (Å²) in [4.78, 5) is 39.2. The highest BCUT2D eigenvalue weighted by molar-refractivity contribution is 6.12. The number of hydrogen-bond acceptors (Lipinski definition) is 5. The Morgan fingerprint density at radius 3 is 2.06 bits per heavy atom. The summed E-state index contributed by atoms with van der Waals surface area (Å²) in [5.41, 5.74) is 0.960. The van der Waals surface area contributed by atoms with E-state index >= 15 is 0 Å². The number of alkyl halides is 2. The van der Waals surface area contributed by atoms with E-state index in [9.17, 15) is 23.2 Å². The lowest BCUT2D eigenvalue weighted by Gasteiger charge is -2.18. The molecule has 0 aliphatic carbocycles. The molecule has 0 unspecified atom stereocenters. The molecule has 6 nitrogen and oxygen atoms in total. The Bertz CT molecular complexity index is 1100. The molecule has 32 heavy (non-hydrogen) atoms. The number of amides is 1. The molecule has 3 aromatic carbocycles. The summed E-state index contributed by atoms with van der Waals surface area (Å²) in [6, 6.07) is 20.1. The van der Waals surface area contributed by atoms with Crippen LogP contribution < -0.4 is 9.64 Å². The highest BCUT2D eigenvalue weighted by Crippen LogP contribution is 2.19. The number of hydrogen-bond donors (Lipinski definition) is 0. The Balaban J connectivity index is 1.68. The van der Waals surface area contributed by atoms with Crippen LogP contribution in [0, 0.1) is 0 Å². The maximum absolute atomic E-state index is 12.9. The van der Waals surface area contributed by atoms with Gasteiger partial charge in [-0.1, -0.05) is 30.3 Å². The lowest BCUT2D eigenvalue weighted by molar-refractivity contribution is -0.0498. The van der Waals surface area contributed by atoms with Crippen molar-refractivity contribution in [2.45, 2.75) is 6.61 Å². The van der Waals surface area contributed by atoms with Gasteiger partial charge >= 0.3 is 12.6 Å². The van der Waals surface area contributed by atoms with E-state index in [0.717, 1.165) is 0 Å². The quantitative estimate of drug-likeness (QED) is 0.379. The van der Waals surface area contributed by atoms with Crippen molar-refractivity contribution < 1.29 is 32.6 Å². The number of halogens is 2. The molecular weight excluding hydrogens is 420 g/mol. The van der Waals surface area contributed by atoms with E-state index < -0.39 is 30.9 Å². The Hall–Kier alpha value is -4.07. The van der Waals surface area contributed by atoms with E-state index in [4.69, 9.17) is 4.74 Å². The first-order chi connectivity index (χ1) is 15.4. The van der Waals surface area contributed by atoms with Gasteiger partial charge in [-0.25, -0.2) is 4.79 Å². The largest absolute Gasteiger partial charge is 0.454 e. The average Bonchev–Trinajstić information content (AvgIpc) is 2.82. The molecule has 0 heterocycles. The Morgan fingerprint density at radius 2 is 1.44 bits per heavy atom. The molecule has 0 aliphatic rings. The van der Waals surface area contributed by atoms with Crippen molar-refractivity contribution in [3.63, 3.8) is 0 Å². The van der Waals surface area contributed by atoms with Crippen LogP contribution >= 0.6 is 0 Å². The van der Waals surface area contributed by atoms with E-state index in [-0.39, 0.29) is 22.4 Å². The molecule has 0 atom stereocenters. The van der Waals surface area contributed by atoms with E-state index in [2.05, 4.69) is 4.74 Å². The van der Waals surface area contributed by atoms with Crippen molar-refractivity contribution >= 4 is 23.3 Å². The summed E-state index contributed by atoms with van der Waals surface area (Å²) in [5, 5.41) is 0. The van der Waals surface area contributed by atoms with Crippen LogP contribution in [0.3, 0.4) is 0 Å². The molecule has 3 rings (SSSR count). The van der Waals surface area contributed by atoms with Crippen molar-refractivity contribution in [3.05, 3.63) is 95.6 Å². The van der Waals surface area contributed by atoms with Gasteiger partial charge in [0, 0.05) is 18.3 Å². The number of Topliss-reactive ketones (excluding diaryl/α,β-unsaturated/α-hetero) is 1. The molecule has 1 amide bonds. The third-order valence-corrected chi connectivity index (χ3v) is 4.56. The van der Waals surface area contributed by atoms with Crippen LogP contribution in [-0.2, 0) is 4.74 Å². The van der Waals surface area contributed by atoms with Gasteiger partial charge in [0.1, 0.15) is 5.75 Å². The summed E-state index contributed by atoms with van der Waals surface area (Å²) in [6.07, 6.45) is 0. The number of para-hydroxylation sites is 1. The number of esters is 1. The molecule has 0 radical (unpaired) electrons. The molecule has 164 valence electrons. The molecule has 0 aliphatic heterocycles. The topological polar surface area (TPSA) is 72.9 Å². The second kappa shape index (κ2) is 10.3. The number of ether oxygens (including phenoxy) is 2. The molecule has 0 saturated heterocycles. The zero-order valence-electron chi connectivity index (χ0n) is 17.0. The summed E-state index contributed by atoms with van der Waals surface area (Å²) < 4.78 is 33.8. The standard InChI is InChI=1S/C24H19F2NO5/c1-27(17-7-3-2-4-8-17)22(29)19-9-5-6-10-20(19)23(30)31-15-21(28)16-11-13-18(14-12-16)32-24(25)26/h2-14,24H,15H2,1H3. The van der Waals surface area contributed by atoms with Crippen molar-refractivity contribution in [1.82, 2.24) is 0 Å². The summed E-state index contributed by atoms with van der Waals surface area (Å²) in [7, 11) is 1.59. The van der Waals surface area contributed by atoms with Gasteiger partial charge in [0.15, 0.2) is 12.4 Å². The third-order valence-electron chi connectivity index (χ3n) is 4.56. The molecule has 0 aromatic heterocycles. The highest BCUT2D eigenvalue weighted by atomic mass is 19.3. The van der Waals surface area contributed by atoms with Crippen molar-refractivity contribution in [1.29, 1.82) is 0 Å². The lowest BCUT2D eigenvalue weighted by atomic mass is 10.1. The predicted octanol–water partition coefficient (Wildman–Crippen LogP) is 4.60. The van der Waals surface area contributed by atoms with Gasteiger partial charge in [-0.05, 0) is 48.5 Å². The predicted molar refractivity (Wildman–Crippen MR) is 113 cm³/mol. The fourth-order valence-electron chi connectivity index (χ4n) is 2.91. The molecule has 0 spiro atoms. The molecule has 0 bridgehead atoms. The van der Waals surface area contributed by atoms with Crippen LogP contribution in [0.4, 0.5) is 14.5 Å². The zero-order valence-corrected chi connectivity index (χ0v) is 17.0. The SMILES string of the molecule is CN(C(=O)c1ccccc1C(=O)OCC(=O)c1ccc(OC(F)F)cc1)c1ccccc1. The second-order valence-electron chi connectivity index (χ2n) is 6.65. The fourth-order valence-corrected chi connectivity index (χ4v) is 2.91. The van der Waals surface area contributed by atoms with E-state index in [0.29, 0.717) is 5.69 Å². The van der Waals surface area contributed by atoms with Crippen molar-refractivity contribution in [2.75, 3.05) is 18.6 Å². The Morgan fingerprint density at radius 1 is 0.844 bits per heavy atom. The summed E-state index contributed by atoms with van der Waals surface area (Å²) in [5.74, 6) is -1.87. The van der Waals surface area contributed by atoms with Crippen LogP contribution in [0.5, 0.6) is 5.75 Å². The first-order valence-corrected chi connectivity index (χ1v) is 9.54. The van der Waals surface area contributed by atoms with Gasteiger partial charge in [0.2, 0.25) is 0 Å². The number of rotatable bonds is 8. The van der Waals surface area contributed by atoms with E-state index in [1.54, 1.807) is 43.4 Å². The molecule has 0 fully saturated rings. The maximum atomic E-state index is 12.9. The zero-order chi connectivity index (χ0) is 23.1. The molecule has 0 N–H and O–H groups in total. The Kier molecular flexibility index (Phi) is 7.28. The smallest absolute Gasteiger partial charge is 0.387 e. The molecule has 8 heteroatoms. The third kappa shape index (κ3) is 5.54. The number of carbonyl (C=O) groups is 3. The van der Waals surface area contributed by atoms with Gasteiger partial charge in [-0.15, -0.1) is 0 Å². The Labute approximate surface area is 183 Å². The van der Waals surface area contributed by atoms with Gasteiger partial charge in [-0.2, -0.15) is 8.78 Å². The van der Waals surface area contributed by atoms with Crippen LogP contribution in [-0.4, -0.2) is 37.9 Å². The average molecular weight is 439 g/mol. The molecule has 3 aromatic rings. The van der Waals surface area contributed by atoms with Crippen LogP contribution in [0.25, 0.3) is 0 Å². The van der Waals surface area contributed by atoms with E-state index in [1.807, 2.05) is 6.07 Å². The second-order valence-corrected chi connectivity index (χ2v) is 6.65. The minimum atomic E-state index is -2.97. The van der Waals surface area contributed by atoms with Crippen LogP contribution in [0.1, 0.15) is 31.1 Å². The molecule has 0 saturated carbocycles. The van der Waals surface area contributed by atoms with Crippen LogP contribution in [0.2, 0.25) is 0 Å². The van der Waals surface area contributed by atoms with Gasteiger partial charge < -0.3 is 14.4 Å². The summed E-state index contributed by atoms with van der Waals surface area (Å²) in [6.45, 7) is -3.55. The number of nitrogens with zero attached hydrogens (tertiary/aromatic N) is 1. The van der Waals surface area contributed by atoms with Gasteiger partial charge in [0.05, 0.1) is 11.1 Å². The van der Waals surface area contributed by atoms with Crippen LogP contribution in [0.15, 0.2) is 78.9 Å². The maximum Gasteiger partial charge on any atom is 0.387 e. The first-order valence-electron chi connectivity index (χ1n) is 9.54. The number of ketones is 1. The minimum Gasteiger partial charge on any atom is -0.454 e. The number of carbonyl (C=O) groups excluding carboxylic acids is 3. The molecular formula is C24H19F2NO5. The van der Waals surface area contributed by atoms with Gasteiger partial charge in [0.25, 0.3) is 5.91 Å². The number of benzene rings is 3. The first kappa shape index (κ1) is 22.6. The van der Waals surface area contributed by atoms with Crippen molar-refractivity contribution in [3.8, 4) is 5.75 Å². The highest BCUT2D eigenvalue weighted by Gasteiger charge is 2.22. The number of anilines is 1. The monoisotopic (exact) mass is 439 g/mol. The van der Waals surface area contributed by atoms with Crippen molar-refractivity contribution in [2.24, 2.45) is 0 Å². The van der Waals surface area contributed by atoms with Gasteiger partial charge in [-0.3, -0.25) is 9.59 Å². The lowest BCUT2D eigenvalue weighted by Crippen LogP contribution is -2.28. The normalized spacial score (nSPS) is 10.5. The van der Waals surface area contributed by atoms with E-state index in [1.165, 1.54) is 41.3 Å². The summed E-state index contributed by atoms with van der Waals surface area (Å²) >= 11 is 0.